The van der Waals surface area contributed by atoms with Crippen molar-refractivity contribution in [3.8, 4) is 0 Å². The van der Waals surface area contributed by atoms with Gasteiger partial charge >= 0.3 is 0 Å². The molecule has 0 saturated carbocycles. The van der Waals surface area contributed by atoms with Gasteiger partial charge in [0.25, 0.3) is 0 Å². The maximum atomic E-state index is 11.3. The van der Waals surface area contributed by atoms with Crippen LogP contribution in [0, 0.1) is 0 Å². The van der Waals surface area contributed by atoms with Crippen LogP contribution in [-0.2, 0) is 4.79 Å². The molecule has 0 spiro atoms. The average Bonchev–Trinajstić information content (AvgIpc) is 2.79. The summed E-state index contributed by atoms with van der Waals surface area (Å²) in [6.07, 6.45) is 35.3. The largest absolute Gasteiger partial charge is 0.345 e. The van der Waals surface area contributed by atoms with Crippen LogP contribution in [0.2, 0.25) is 0 Å². The van der Waals surface area contributed by atoms with Gasteiger partial charge in [0, 0.05) is 13.1 Å². The van der Waals surface area contributed by atoms with Crippen LogP contribution >= 0.6 is 0 Å². The first-order valence-electron chi connectivity index (χ1n) is 14.2. The fourth-order valence-corrected chi connectivity index (χ4v) is 4.23. The van der Waals surface area contributed by atoms with Crippen molar-refractivity contribution < 1.29 is 4.79 Å². The quantitative estimate of drug-likeness (QED) is 0.0752. The van der Waals surface area contributed by atoms with Gasteiger partial charge in [-0.15, -0.1) is 0 Å². The summed E-state index contributed by atoms with van der Waals surface area (Å²) in [6, 6.07) is 0. The number of nitrogens with zero attached hydrogens (tertiary/aromatic N) is 1. The molecule has 2 heteroatoms. The third-order valence-corrected chi connectivity index (χ3v) is 6.41. The summed E-state index contributed by atoms with van der Waals surface area (Å²) in [6.45, 7) is 6.47. The lowest BCUT2D eigenvalue weighted by Gasteiger charge is -2.17. The fourth-order valence-electron chi connectivity index (χ4n) is 4.23. The molecule has 0 aliphatic heterocycles. The maximum Gasteiger partial charge on any atom is 0.209 e. The molecule has 2 nitrogen and oxygen atoms in total. The molecule has 0 aromatic carbocycles. The minimum atomic E-state index is 0.960. The highest BCUT2D eigenvalue weighted by molar-refractivity contribution is 5.46. The summed E-state index contributed by atoms with van der Waals surface area (Å²) in [5.74, 6) is 0. The third-order valence-electron chi connectivity index (χ3n) is 6.41. The number of hydrogen-bond donors (Lipinski definition) is 0. The molecule has 31 heavy (non-hydrogen) atoms. The van der Waals surface area contributed by atoms with E-state index in [1.54, 1.807) is 0 Å². The SMILES string of the molecule is CCCCCCCCC=CCCCCCCCCN(C=O)CCCCCCCCCC. The monoisotopic (exact) mass is 435 g/mol. The first-order valence-corrected chi connectivity index (χ1v) is 14.2. The van der Waals surface area contributed by atoms with Crippen LogP contribution in [0.1, 0.15) is 155 Å². The van der Waals surface area contributed by atoms with Gasteiger partial charge < -0.3 is 4.90 Å². The summed E-state index contributed by atoms with van der Waals surface area (Å²) >= 11 is 0. The zero-order chi connectivity index (χ0) is 22.7. The van der Waals surface area contributed by atoms with Crippen LogP contribution in [0.25, 0.3) is 0 Å². The van der Waals surface area contributed by atoms with Gasteiger partial charge in [-0.05, 0) is 38.5 Å². The van der Waals surface area contributed by atoms with Gasteiger partial charge in [-0.3, -0.25) is 4.79 Å². The summed E-state index contributed by atoms with van der Waals surface area (Å²) in [5, 5.41) is 0. The minimum absolute atomic E-state index is 0.960. The predicted molar refractivity (Wildman–Crippen MR) is 140 cm³/mol. The van der Waals surface area contributed by atoms with Crippen molar-refractivity contribution in [2.24, 2.45) is 0 Å². The van der Waals surface area contributed by atoms with Crippen LogP contribution < -0.4 is 0 Å². The lowest BCUT2D eigenvalue weighted by molar-refractivity contribution is -0.118. The first-order chi connectivity index (χ1) is 15.3. The number of amides is 1. The van der Waals surface area contributed by atoms with E-state index < -0.39 is 0 Å². The average molecular weight is 436 g/mol. The molecule has 0 aromatic rings. The third kappa shape index (κ3) is 25.3. The van der Waals surface area contributed by atoms with Crippen molar-refractivity contribution in [1.29, 1.82) is 0 Å². The van der Waals surface area contributed by atoms with E-state index in [1.807, 2.05) is 4.90 Å². The molecule has 0 aromatic heterocycles. The molecule has 0 aliphatic rings. The van der Waals surface area contributed by atoms with E-state index in [1.165, 1.54) is 141 Å². The molecule has 0 atom stereocenters. The van der Waals surface area contributed by atoms with Crippen molar-refractivity contribution in [3.63, 3.8) is 0 Å². The van der Waals surface area contributed by atoms with Gasteiger partial charge in [0.1, 0.15) is 0 Å². The van der Waals surface area contributed by atoms with Gasteiger partial charge in [0.2, 0.25) is 6.41 Å². The lowest BCUT2D eigenvalue weighted by Crippen LogP contribution is -2.24. The Morgan fingerprint density at radius 2 is 0.774 bits per heavy atom. The molecular formula is C29H57NO. The van der Waals surface area contributed by atoms with Gasteiger partial charge in [0.15, 0.2) is 0 Å². The van der Waals surface area contributed by atoms with Crippen molar-refractivity contribution >= 4 is 6.41 Å². The Morgan fingerprint density at radius 3 is 1.13 bits per heavy atom. The number of carbonyl (C=O) groups is 1. The van der Waals surface area contributed by atoms with E-state index in [4.69, 9.17) is 0 Å². The normalized spacial score (nSPS) is 11.4. The molecule has 0 fully saturated rings. The van der Waals surface area contributed by atoms with E-state index >= 15 is 0 Å². The summed E-state index contributed by atoms with van der Waals surface area (Å²) in [5.41, 5.74) is 0. The number of allylic oxidation sites excluding steroid dienone is 2. The molecule has 184 valence electrons. The van der Waals surface area contributed by atoms with E-state index in [9.17, 15) is 4.79 Å². The second kappa shape index (κ2) is 27.2. The van der Waals surface area contributed by atoms with Crippen molar-refractivity contribution in [2.75, 3.05) is 13.1 Å². The second-order valence-electron chi connectivity index (χ2n) is 9.55. The highest BCUT2D eigenvalue weighted by atomic mass is 16.1. The Labute approximate surface area is 196 Å². The topological polar surface area (TPSA) is 20.3 Å². The smallest absolute Gasteiger partial charge is 0.209 e. The number of carbonyl (C=O) groups excluding carboxylic acids is 1. The number of rotatable bonds is 26. The Hall–Kier alpha value is -0.790. The molecule has 0 saturated heterocycles. The highest BCUT2D eigenvalue weighted by Crippen LogP contribution is 2.11. The van der Waals surface area contributed by atoms with Crippen LogP contribution in [0.4, 0.5) is 0 Å². The van der Waals surface area contributed by atoms with E-state index in [0.717, 1.165) is 19.5 Å². The molecular weight excluding hydrogens is 378 g/mol. The molecule has 0 heterocycles. The van der Waals surface area contributed by atoms with E-state index in [0.29, 0.717) is 0 Å². The molecule has 0 bridgehead atoms. The molecule has 0 N–H and O–H groups in total. The van der Waals surface area contributed by atoms with Crippen molar-refractivity contribution in [2.45, 2.75) is 155 Å². The Bertz CT molecular complexity index is 366. The summed E-state index contributed by atoms with van der Waals surface area (Å²) < 4.78 is 0. The second-order valence-corrected chi connectivity index (χ2v) is 9.55. The van der Waals surface area contributed by atoms with Crippen LogP contribution in [-0.4, -0.2) is 24.4 Å². The number of unbranched alkanes of at least 4 members (excludes halogenated alkanes) is 19. The lowest BCUT2D eigenvalue weighted by atomic mass is 10.1. The van der Waals surface area contributed by atoms with E-state index in [2.05, 4.69) is 26.0 Å². The molecule has 0 radical (unpaired) electrons. The Balaban J connectivity index is 3.31. The molecule has 0 aliphatic carbocycles. The van der Waals surface area contributed by atoms with Gasteiger partial charge in [-0.2, -0.15) is 0 Å². The van der Waals surface area contributed by atoms with E-state index in [-0.39, 0.29) is 0 Å². The Kier molecular flexibility index (Phi) is 26.5. The van der Waals surface area contributed by atoms with Gasteiger partial charge in [-0.25, -0.2) is 0 Å². The molecule has 0 rings (SSSR count). The molecule has 0 unspecified atom stereocenters. The van der Waals surface area contributed by atoms with Crippen molar-refractivity contribution in [3.05, 3.63) is 12.2 Å². The zero-order valence-corrected chi connectivity index (χ0v) is 21.6. The standard InChI is InChI=1S/C29H57NO/c1-3-5-7-9-11-13-14-15-16-17-18-19-20-22-24-26-28-30(29-31)27-25-23-21-12-10-8-6-4-2/h15-16,29H,3-14,17-28H2,1-2H3. The Morgan fingerprint density at radius 1 is 0.452 bits per heavy atom. The fraction of sp³-hybridized carbons (Fsp3) is 0.897. The van der Waals surface area contributed by atoms with Gasteiger partial charge in [0.05, 0.1) is 0 Å². The molecule has 1 amide bonds. The first kappa shape index (κ1) is 30.2. The zero-order valence-electron chi connectivity index (χ0n) is 21.6. The van der Waals surface area contributed by atoms with Crippen LogP contribution in [0.3, 0.4) is 0 Å². The number of hydrogen-bond acceptors (Lipinski definition) is 1. The summed E-state index contributed by atoms with van der Waals surface area (Å²) in [4.78, 5) is 13.3. The predicted octanol–water partition coefficient (Wildman–Crippen LogP) is 9.62. The minimum Gasteiger partial charge on any atom is -0.345 e. The highest BCUT2D eigenvalue weighted by Gasteiger charge is 2.01. The van der Waals surface area contributed by atoms with Crippen LogP contribution in [0.15, 0.2) is 12.2 Å². The van der Waals surface area contributed by atoms with Gasteiger partial charge in [-0.1, -0.05) is 129 Å². The summed E-state index contributed by atoms with van der Waals surface area (Å²) in [7, 11) is 0. The maximum absolute atomic E-state index is 11.3. The van der Waals surface area contributed by atoms with Crippen molar-refractivity contribution in [1.82, 2.24) is 4.90 Å². The van der Waals surface area contributed by atoms with Crippen LogP contribution in [0.5, 0.6) is 0 Å².